The van der Waals surface area contributed by atoms with E-state index in [-0.39, 0.29) is 18.5 Å². The highest BCUT2D eigenvalue weighted by atomic mass is 35.5. The van der Waals surface area contributed by atoms with Crippen LogP contribution >= 0.6 is 11.6 Å². The van der Waals surface area contributed by atoms with E-state index in [0.717, 1.165) is 5.56 Å². The normalized spacial score (nSPS) is 17.3. The van der Waals surface area contributed by atoms with E-state index in [9.17, 15) is 9.59 Å². The molecule has 1 aromatic rings. The fourth-order valence-corrected chi connectivity index (χ4v) is 2.45. The lowest BCUT2D eigenvalue weighted by molar-refractivity contribution is -0.139. The highest BCUT2D eigenvalue weighted by Gasteiger charge is 2.32. The van der Waals surface area contributed by atoms with Gasteiger partial charge in [0.15, 0.2) is 0 Å². The smallest absolute Gasteiger partial charge is 0.338 e. The van der Waals surface area contributed by atoms with E-state index >= 15 is 0 Å². The number of allylic oxidation sites excluding steroid dienone is 1. The molecule has 0 spiro atoms. The van der Waals surface area contributed by atoms with Crippen LogP contribution in [0.25, 0.3) is 0 Å². The summed E-state index contributed by atoms with van der Waals surface area (Å²) in [6.45, 7) is 4.19. The summed E-state index contributed by atoms with van der Waals surface area (Å²) in [6.07, 6.45) is 0. The first-order valence-electron chi connectivity index (χ1n) is 7.31. The summed E-state index contributed by atoms with van der Waals surface area (Å²) in [6, 6.07) is 6.27. The van der Waals surface area contributed by atoms with Crippen LogP contribution in [0.2, 0.25) is 0 Å². The third-order valence-corrected chi connectivity index (χ3v) is 3.46. The Hall–Kier alpha value is -2.21. The van der Waals surface area contributed by atoms with Crippen molar-refractivity contribution in [3.05, 3.63) is 41.1 Å². The van der Waals surface area contributed by atoms with Gasteiger partial charge in [-0.15, -0.1) is 11.6 Å². The van der Waals surface area contributed by atoms with E-state index < -0.39 is 12.0 Å². The highest BCUT2D eigenvalue weighted by molar-refractivity contribution is 6.18. The van der Waals surface area contributed by atoms with E-state index in [4.69, 9.17) is 21.1 Å². The van der Waals surface area contributed by atoms with E-state index in [0.29, 0.717) is 23.6 Å². The Bertz CT molecular complexity index is 630. The summed E-state index contributed by atoms with van der Waals surface area (Å²) < 4.78 is 10.6. The molecule has 1 aromatic carbocycles. The number of urea groups is 1. The Balaban J connectivity index is 2.36. The molecule has 7 heteroatoms. The number of benzene rings is 1. The molecule has 0 bridgehead atoms. The van der Waals surface area contributed by atoms with Gasteiger partial charge in [0.25, 0.3) is 0 Å². The van der Waals surface area contributed by atoms with Crippen molar-refractivity contribution in [1.82, 2.24) is 10.6 Å². The molecule has 0 radical (unpaired) electrons. The first-order chi connectivity index (χ1) is 11.1. The van der Waals surface area contributed by atoms with Crippen molar-refractivity contribution >= 4 is 23.6 Å². The number of ether oxygens (including phenoxy) is 2. The van der Waals surface area contributed by atoms with Crippen LogP contribution in [0.3, 0.4) is 0 Å². The predicted octanol–water partition coefficient (Wildman–Crippen LogP) is 2.50. The molecule has 2 N–H and O–H groups in total. The maximum Gasteiger partial charge on any atom is 0.338 e. The molecular formula is C16H19ClN2O4. The minimum absolute atomic E-state index is 0.108. The van der Waals surface area contributed by atoms with Crippen LogP contribution in [-0.2, 0) is 9.53 Å². The first kappa shape index (κ1) is 17.1. The third kappa shape index (κ3) is 4.16. The van der Waals surface area contributed by atoms with E-state index in [1.165, 1.54) is 0 Å². The van der Waals surface area contributed by atoms with Crippen LogP contribution in [-0.4, -0.2) is 31.1 Å². The number of hydrogen-bond donors (Lipinski definition) is 2. The molecule has 2 rings (SSSR count). The number of esters is 1. The maximum absolute atomic E-state index is 12.3. The van der Waals surface area contributed by atoms with Crippen molar-refractivity contribution in [2.24, 2.45) is 0 Å². The minimum atomic E-state index is -0.605. The monoisotopic (exact) mass is 338 g/mol. The lowest BCUT2D eigenvalue weighted by atomic mass is 9.95. The zero-order valence-electron chi connectivity index (χ0n) is 13.0. The van der Waals surface area contributed by atoms with Crippen LogP contribution in [0, 0.1) is 0 Å². The van der Waals surface area contributed by atoms with Crippen molar-refractivity contribution in [2.45, 2.75) is 19.9 Å². The number of amides is 2. The van der Waals surface area contributed by atoms with Gasteiger partial charge in [-0.2, -0.15) is 0 Å². The SMILES string of the molecule is CCOc1cccc([C@@H]2NC(=O)NC(C)=C2C(=O)OCCCl)c1. The lowest BCUT2D eigenvalue weighted by Gasteiger charge is -2.28. The largest absolute Gasteiger partial charge is 0.494 e. The Kier molecular flexibility index (Phi) is 5.87. The molecule has 1 aliphatic rings. The molecule has 1 aliphatic heterocycles. The van der Waals surface area contributed by atoms with Crippen LogP contribution in [0.4, 0.5) is 4.79 Å². The molecule has 1 heterocycles. The summed E-state index contributed by atoms with van der Waals surface area (Å²) in [5.41, 5.74) is 1.55. The second-order valence-electron chi connectivity index (χ2n) is 4.90. The zero-order valence-corrected chi connectivity index (χ0v) is 13.8. The van der Waals surface area contributed by atoms with Crippen LogP contribution < -0.4 is 15.4 Å². The van der Waals surface area contributed by atoms with E-state index in [2.05, 4.69) is 10.6 Å². The maximum atomic E-state index is 12.3. The van der Waals surface area contributed by atoms with Gasteiger partial charge in [0.05, 0.1) is 24.1 Å². The number of halogens is 1. The summed E-state index contributed by atoms with van der Waals surface area (Å²) in [7, 11) is 0. The molecule has 0 saturated carbocycles. The Morgan fingerprint density at radius 3 is 2.87 bits per heavy atom. The molecule has 1 atom stereocenters. The number of hydrogen-bond acceptors (Lipinski definition) is 4. The first-order valence-corrected chi connectivity index (χ1v) is 7.84. The van der Waals surface area contributed by atoms with Gasteiger partial charge in [0, 0.05) is 5.70 Å². The van der Waals surface area contributed by atoms with Crippen molar-refractivity contribution in [3.63, 3.8) is 0 Å². The molecule has 0 aromatic heterocycles. The van der Waals surface area contributed by atoms with Gasteiger partial charge >= 0.3 is 12.0 Å². The molecule has 0 fully saturated rings. The Labute approximate surface area is 139 Å². The third-order valence-electron chi connectivity index (χ3n) is 3.30. The second-order valence-corrected chi connectivity index (χ2v) is 5.28. The van der Waals surface area contributed by atoms with Gasteiger partial charge in [-0.3, -0.25) is 0 Å². The fourth-order valence-electron chi connectivity index (χ4n) is 2.37. The van der Waals surface area contributed by atoms with Gasteiger partial charge in [-0.1, -0.05) is 12.1 Å². The number of nitrogens with one attached hydrogen (secondary N) is 2. The lowest BCUT2D eigenvalue weighted by Crippen LogP contribution is -2.45. The van der Waals surface area contributed by atoms with Gasteiger partial charge in [0.2, 0.25) is 0 Å². The van der Waals surface area contributed by atoms with Gasteiger partial charge in [-0.05, 0) is 31.5 Å². The van der Waals surface area contributed by atoms with Crippen LogP contribution in [0.5, 0.6) is 5.75 Å². The fraction of sp³-hybridized carbons (Fsp3) is 0.375. The molecule has 124 valence electrons. The Morgan fingerprint density at radius 2 is 2.17 bits per heavy atom. The van der Waals surface area contributed by atoms with Crippen molar-refractivity contribution < 1.29 is 19.1 Å². The average molecular weight is 339 g/mol. The molecule has 0 unspecified atom stereocenters. The van der Waals surface area contributed by atoms with Crippen LogP contribution in [0.15, 0.2) is 35.5 Å². The van der Waals surface area contributed by atoms with Gasteiger partial charge in [0.1, 0.15) is 12.4 Å². The number of carbonyl (C=O) groups is 2. The summed E-state index contributed by atoms with van der Waals surface area (Å²) in [5.74, 6) is 0.369. The molecule has 23 heavy (non-hydrogen) atoms. The number of alkyl halides is 1. The van der Waals surface area contributed by atoms with Gasteiger partial charge in [-0.25, -0.2) is 9.59 Å². The van der Waals surface area contributed by atoms with E-state index in [1.54, 1.807) is 13.0 Å². The summed E-state index contributed by atoms with van der Waals surface area (Å²) in [5, 5.41) is 5.33. The second kappa shape index (κ2) is 7.87. The number of carbonyl (C=O) groups excluding carboxylic acids is 2. The van der Waals surface area contributed by atoms with Crippen LogP contribution in [0.1, 0.15) is 25.5 Å². The molecule has 2 amide bonds. The minimum Gasteiger partial charge on any atom is -0.494 e. The van der Waals surface area contributed by atoms with Crippen molar-refractivity contribution in [1.29, 1.82) is 0 Å². The zero-order chi connectivity index (χ0) is 16.8. The molecule has 0 aliphatic carbocycles. The van der Waals surface area contributed by atoms with Crippen molar-refractivity contribution in [3.8, 4) is 5.75 Å². The Morgan fingerprint density at radius 1 is 1.39 bits per heavy atom. The predicted molar refractivity (Wildman–Crippen MR) is 86.4 cm³/mol. The standard InChI is InChI=1S/C16H19ClN2O4/c1-3-22-12-6-4-5-11(9-12)14-13(15(20)23-8-7-17)10(2)18-16(21)19-14/h4-6,9,14H,3,7-8H2,1-2H3,(H2,18,19,21)/t14-/m0/s1. The van der Waals surface area contributed by atoms with Crippen molar-refractivity contribution in [2.75, 3.05) is 19.1 Å². The summed E-state index contributed by atoms with van der Waals surface area (Å²) >= 11 is 5.56. The highest BCUT2D eigenvalue weighted by Crippen LogP contribution is 2.29. The molecule has 6 nitrogen and oxygen atoms in total. The topological polar surface area (TPSA) is 76.7 Å². The molecule has 0 saturated heterocycles. The number of rotatable bonds is 6. The van der Waals surface area contributed by atoms with Gasteiger partial charge < -0.3 is 20.1 Å². The summed E-state index contributed by atoms with van der Waals surface area (Å²) in [4.78, 5) is 24.1. The van der Waals surface area contributed by atoms with E-state index in [1.807, 2.05) is 25.1 Å². The average Bonchev–Trinajstić information content (AvgIpc) is 2.52. The quantitative estimate of drug-likeness (QED) is 0.617. The molecular weight excluding hydrogens is 320 g/mol.